The van der Waals surface area contributed by atoms with Gasteiger partial charge in [0.05, 0.1) is 6.54 Å². The van der Waals surface area contributed by atoms with E-state index in [2.05, 4.69) is 36.6 Å². The van der Waals surface area contributed by atoms with Gasteiger partial charge in [0.25, 0.3) is 5.91 Å². The summed E-state index contributed by atoms with van der Waals surface area (Å²) in [6.45, 7) is -0.602. The van der Waals surface area contributed by atoms with Gasteiger partial charge in [0, 0.05) is 30.3 Å². The molecule has 2 aromatic rings. The Labute approximate surface area is 208 Å². The number of nitrogens with two attached hydrogens (primary N) is 1. The molecule has 2 atom stereocenters. The van der Waals surface area contributed by atoms with E-state index in [9.17, 15) is 23.6 Å². The average Bonchev–Trinajstić information content (AvgIpc) is 3.36. The Balaban J connectivity index is 1.45. The number of amides is 4. The van der Waals surface area contributed by atoms with Crippen LogP contribution in [0.1, 0.15) is 35.3 Å². The molecule has 2 aliphatic rings. The van der Waals surface area contributed by atoms with Crippen LogP contribution in [0.25, 0.3) is 6.08 Å². The van der Waals surface area contributed by atoms with Crippen molar-refractivity contribution in [3.05, 3.63) is 46.3 Å². The van der Waals surface area contributed by atoms with Gasteiger partial charge in [-0.15, -0.1) is 0 Å². The molecule has 184 valence electrons. The van der Waals surface area contributed by atoms with E-state index in [1.54, 1.807) is 18.2 Å². The molecule has 4 N–H and O–H groups in total. The third kappa shape index (κ3) is 6.29. The summed E-state index contributed by atoms with van der Waals surface area (Å²) in [7, 11) is 0. The largest absolute Gasteiger partial charge is 0.364 e. The highest BCUT2D eigenvalue weighted by Crippen LogP contribution is 2.23. The quantitative estimate of drug-likeness (QED) is 0.331. The molecule has 0 radical (unpaired) electrons. The zero-order valence-electron chi connectivity index (χ0n) is 18.5. The van der Waals surface area contributed by atoms with Gasteiger partial charge in [-0.2, -0.15) is 5.10 Å². The summed E-state index contributed by atoms with van der Waals surface area (Å²) in [4.78, 5) is 54.7. The first-order valence-electron chi connectivity index (χ1n) is 10.9. The Kier molecular flexibility index (Phi) is 7.24. The Hall–Kier alpha value is -3.61. The molecule has 11 nitrogen and oxygen atoms in total. The lowest BCUT2D eigenvalue weighted by atomic mass is 10.2. The fourth-order valence-corrected chi connectivity index (χ4v) is 4.04. The van der Waals surface area contributed by atoms with E-state index in [1.807, 2.05) is 0 Å². The highest BCUT2D eigenvalue weighted by molar-refractivity contribution is 9.10. The van der Waals surface area contributed by atoms with Crippen LogP contribution in [0, 0.1) is 0 Å². The number of likely N-dealkylation sites (tertiary alicyclic amines) is 1. The summed E-state index contributed by atoms with van der Waals surface area (Å²) in [5.74, 6) is -2.01. The number of pyridine rings is 1. The third-order valence-electron chi connectivity index (χ3n) is 5.50. The van der Waals surface area contributed by atoms with Crippen LogP contribution in [0.3, 0.4) is 0 Å². The molecular formula is C22H23BrFN7O4. The van der Waals surface area contributed by atoms with Crippen molar-refractivity contribution in [3.63, 3.8) is 0 Å². The molecule has 2 aromatic heterocycles. The third-order valence-corrected chi connectivity index (χ3v) is 5.94. The van der Waals surface area contributed by atoms with Crippen molar-refractivity contribution >= 4 is 51.5 Å². The molecule has 0 aromatic carbocycles. The Morgan fingerprint density at radius 1 is 1.26 bits per heavy atom. The first-order valence-corrected chi connectivity index (χ1v) is 11.7. The topological polar surface area (TPSA) is 152 Å². The number of primary amides is 1. The Morgan fingerprint density at radius 3 is 2.71 bits per heavy atom. The molecule has 4 amide bonds. The highest BCUT2D eigenvalue weighted by atomic mass is 79.9. The zero-order chi connectivity index (χ0) is 25.1. The highest BCUT2D eigenvalue weighted by Gasteiger charge is 2.40. The van der Waals surface area contributed by atoms with E-state index in [4.69, 9.17) is 5.73 Å². The van der Waals surface area contributed by atoms with Crippen LogP contribution in [0.15, 0.2) is 35.1 Å². The van der Waals surface area contributed by atoms with Gasteiger partial charge in [-0.05, 0) is 47.0 Å². The molecule has 1 aliphatic heterocycles. The van der Waals surface area contributed by atoms with Gasteiger partial charge in [0.2, 0.25) is 17.7 Å². The number of anilines is 1. The molecule has 3 heterocycles. The first-order chi connectivity index (χ1) is 16.7. The number of rotatable bonds is 8. The summed E-state index contributed by atoms with van der Waals surface area (Å²) in [5.41, 5.74) is 5.53. The number of halogens is 2. The lowest BCUT2D eigenvalue weighted by molar-refractivity contribution is -0.137. The SMILES string of the molecule is NC(=O)c1nn(CC(=O)N2C[C@H](F)C[C@H]2C(=O)Nc2cccc(Br)n2)cc1/C=C/C(=O)NC1CC1. The number of carbonyl (C=O) groups is 4. The summed E-state index contributed by atoms with van der Waals surface area (Å²) < 4.78 is 15.9. The van der Waals surface area contributed by atoms with Gasteiger partial charge in [0.15, 0.2) is 5.69 Å². The van der Waals surface area contributed by atoms with Crippen LogP contribution in [-0.2, 0) is 20.9 Å². The predicted octanol–water partition coefficient (Wildman–Crippen LogP) is 1.01. The van der Waals surface area contributed by atoms with Crippen LogP contribution >= 0.6 is 15.9 Å². The maximum absolute atomic E-state index is 14.2. The van der Waals surface area contributed by atoms with Crippen molar-refractivity contribution in [2.75, 3.05) is 11.9 Å². The van der Waals surface area contributed by atoms with Gasteiger partial charge < -0.3 is 21.3 Å². The van der Waals surface area contributed by atoms with E-state index in [1.165, 1.54) is 23.0 Å². The minimum atomic E-state index is -1.37. The van der Waals surface area contributed by atoms with Crippen LogP contribution in [0.4, 0.5) is 10.2 Å². The Bertz CT molecular complexity index is 1200. The van der Waals surface area contributed by atoms with E-state index >= 15 is 0 Å². The van der Waals surface area contributed by atoms with E-state index in [0.29, 0.717) is 4.60 Å². The van der Waals surface area contributed by atoms with E-state index in [-0.39, 0.29) is 48.5 Å². The van der Waals surface area contributed by atoms with Crippen molar-refractivity contribution in [2.45, 2.75) is 44.1 Å². The van der Waals surface area contributed by atoms with Crippen molar-refractivity contribution in [1.82, 2.24) is 25.0 Å². The molecule has 0 unspecified atom stereocenters. The van der Waals surface area contributed by atoms with Crippen molar-refractivity contribution in [3.8, 4) is 0 Å². The number of hydrogen-bond donors (Lipinski definition) is 3. The number of carbonyl (C=O) groups excluding carboxylic acids is 4. The van der Waals surface area contributed by atoms with Crippen LogP contribution < -0.4 is 16.4 Å². The first kappa shape index (κ1) is 24.5. The molecule has 35 heavy (non-hydrogen) atoms. The number of aromatic nitrogens is 3. The van der Waals surface area contributed by atoms with Gasteiger partial charge in [-0.25, -0.2) is 9.37 Å². The van der Waals surface area contributed by atoms with Crippen LogP contribution in [0.2, 0.25) is 0 Å². The lowest BCUT2D eigenvalue weighted by Gasteiger charge is -2.23. The summed E-state index contributed by atoms with van der Waals surface area (Å²) in [6.07, 6.45) is 4.39. The maximum Gasteiger partial charge on any atom is 0.269 e. The molecule has 13 heteroatoms. The molecule has 1 saturated heterocycles. The second kappa shape index (κ2) is 10.3. The number of nitrogens with one attached hydrogen (secondary N) is 2. The van der Waals surface area contributed by atoms with Crippen molar-refractivity contribution < 1.29 is 23.6 Å². The predicted molar refractivity (Wildman–Crippen MR) is 127 cm³/mol. The second-order valence-electron chi connectivity index (χ2n) is 8.34. The summed E-state index contributed by atoms with van der Waals surface area (Å²) in [6, 6.07) is 4.08. The van der Waals surface area contributed by atoms with Crippen LogP contribution in [-0.4, -0.2) is 68.1 Å². The molecular weight excluding hydrogens is 525 g/mol. The van der Waals surface area contributed by atoms with Gasteiger partial charge >= 0.3 is 0 Å². The Morgan fingerprint density at radius 2 is 2.03 bits per heavy atom. The fraction of sp³-hybridized carbons (Fsp3) is 0.364. The molecule has 2 fully saturated rings. The zero-order valence-corrected chi connectivity index (χ0v) is 20.1. The average molecular weight is 548 g/mol. The smallest absolute Gasteiger partial charge is 0.269 e. The number of nitrogens with zero attached hydrogens (tertiary/aromatic N) is 4. The van der Waals surface area contributed by atoms with Crippen molar-refractivity contribution in [2.24, 2.45) is 5.73 Å². The standard InChI is InChI=1S/C22H23BrFN7O4/c23-16-2-1-3-17(27-16)28-22(35)15-8-13(24)10-31(15)19(33)11-30-9-12(20(29-30)21(25)34)4-7-18(32)26-14-5-6-14/h1-4,7,9,13-15H,5-6,8,10-11H2,(H2,25,34)(H,26,32)(H,27,28,35)/b7-4+/t13-,15+/m1/s1. The van der Waals surface area contributed by atoms with Crippen LogP contribution in [0.5, 0.6) is 0 Å². The van der Waals surface area contributed by atoms with Gasteiger partial charge in [0.1, 0.15) is 29.2 Å². The van der Waals surface area contributed by atoms with Crippen molar-refractivity contribution in [1.29, 1.82) is 0 Å². The number of alkyl halides is 1. The molecule has 0 spiro atoms. The van der Waals surface area contributed by atoms with E-state index < -0.39 is 29.9 Å². The second-order valence-corrected chi connectivity index (χ2v) is 9.15. The van der Waals surface area contributed by atoms with Gasteiger partial charge in [-0.3, -0.25) is 23.9 Å². The van der Waals surface area contributed by atoms with Gasteiger partial charge in [-0.1, -0.05) is 6.07 Å². The lowest BCUT2D eigenvalue weighted by Crippen LogP contribution is -2.44. The van der Waals surface area contributed by atoms with E-state index in [0.717, 1.165) is 17.7 Å². The minimum Gasteiger partial charge on any atom is -0.364 e. The molecule has 0 bridgehead atoms. The fourth-order valence-electron chi connectivity index (χ4n) is 3.70. The monoisotopic (exact) mass is 547 g/mol. The number of hydrogen-bond acceptors (Lipinski definition) is 6. The maximum atomic E-state index is 14.2. The minimum absolute atomic E-state index is 0.118. The normalized spacial score (nSPS) is 19.7. The molecule has 1 saturated carbocycles. The molecule has 1 aliphatic carbocycles. The molecule has 4 rings (SSSR count). The summed E-state index contributed by atoms with van der Waals surface area (Å²) in [5, 5.41) is 9.42. The summed E-state index contributed by atoms with van der Waals surface area (Å²) >= 11 is 3.21.